The number of carbonyl (C=O) groups is 1. The molecule has 2 aliphatic rings. The van der Waals surface area contributed by atoms with Crippen LogP contribution in [0.1, 0.15) is 19.3 Å². The van der Waals surface area contributed by atoms with Crippen molar-refractivity contribution in [2.75, 3.05) is 6.54 Å². The Morgan fingerprint density at radius 2 is 1.60 bits per heavy atom. The first-order valence-corrected chi connectivity index (χ1v) is 9.17. The van der Waals surface area contributed by atoms with Crippen molar-refractivity contribution >= 4 is 27.7 Å². The average Bonchev–Trinajstić information content (AvgIpc) is 3.31. The Morgan fingerprint density at radius 1 is 0.960 bits per heavy atom. The van der Waals surface area contributed by atoms with Crippen LogP contribution in [0.2, 0.25) is 0 Å². The highest BCUT2D eigenvalue weighted by atomic mass is 16.3. The lowest BCUT2D eigenvalue weighted by Gasteiger charge is -2.29. The number of β-amino-alcohol motifs (C(OH)–C–C–N with tert-alkyl or cyclic N) is 1. The van der Waals surface area contributed by atoms with Crippen LogP contribution in [0.15, 0.2) is 48.5 Å². The fraction of sp³-hybridized carbons (Fsp3) is 0.381. The third kappa shape index (κ3) is 2.28. The van der Waals surface area contributed by atoms with Crippen molar-refractivity contribution in [2.24, 2.45) is 5.92 Å². The molecule has 1 saturated carbocycles. The van der Waals surface area contributed by atoms with Crippen molar-refractivity contribution in [1.29, 1.82) is 0 Å². The third-order valence-corrected chi connectivity index (χ3v) is 5.96. The second kappa shape index (κ2) is 5.60. The first kappa shape index (κ1) is 15.0. The van der Waals surface area contributed by atoms with E-state index in [2.05, 4.69) is 41.0 Å². The molecular weight excluding hydrogens is 312 g/mol. The van der Waals surface area contributed by atoms with Crippen LogP contribution in [-0.4, -0.2) is 39.2 Å². The van der Waals surface area contributed by atoms with Gasteiger partial charge in [-0.15, -0.1) is 0 Å². The predicted molar refractivity (Wildman–Crippen MR) is 98.3 cm³/mol. The van der Waals surface area contributed by atoms with Crippen LogP contribution < -0.4 is 0 Å². The number of carbonyl (C=O) groups excluding carboxylic acids is 1. The van der Waals surface area contributed by atoms with Crippen LogP contribution in [0.3, 0.4) is 0 Å². The molecule has 1 amide bonds. The highest BCUT2D eigenvalue weighted by Crippen LogP contribution is 2.38. The molecule has 0 unspecified atom stereocenters. The van der Waals surface area contributed by atoms with Gasteiger partial charge in [-0.2, -0.15) is 0 Å². The van der Waals surface area contributed by atoms with E-state index in [1.807, 2.05) is 17.0 Å². The summed E-state index contributed by atoms with van der Waals surface area (Å²) >= 11 is 0. The molecule has 2 fully saturated rings. The number of likely N-dealkylation sites (tertiary alicyclic amines) is 1. The summed E-state index contributed by atoms with van der Waals surface area (Å²) in [4.78, 5) is 14.3. The Labute approximate surface area is 146 Å². The van der Waals surface area contributed by atoms with Gasteiger partial charge in [0, 0.05) is 40.3 Å². The fourth-order valence-corrected chi connectivity index (χ4v) is 4.81. The van der Waals surface area contributed by atoms with E-state index >= 15 is 0 Å². The zero-order valence-electron chi connectivity index (χ0n) is 14.1. The molecule has 4 nitrogen and oxygen atoms in total. The van der Waals surface area contributed by atoms with Gasteiger partial charge in [-0.05, 0) is 31.4 Å². The molecule has 0 radical (unpaired) electrons. The van der Waals surface area contributed by atoms with Crippen LogP contribution >= 0.6 is 0 Å². The summed E-state index contributed by atoms with van der Waals surface area (Å²) < 4.78 is 2.19. The molecular formula is C21H22N2O2. The van der Waals surface area contributed by atoms with Gasteiger partial charge in [0.1, 0.15) is 0 Å². The third-order valence-electron chi connectivity index (χ3n) is 5.96. The van der Waals surface area contributed by atoms with Gasteiger partial charge in [0.05, 0.1) is 12.6 Å². The maximum atomic E-state index is 12.3. The number of hydrogen-bond donors (Lipinski definition) is 1. The van der Waals surface area contributed by atoms with Gasteiger partial charge in [0.15, 0.2) is 0 Å². The van der Waals surface area contributed by atoms with E-state index < -0.39 is 6.10 Å². The predicted octanol–water partition coefficient (Wildman–Crippen LogP) is 3.17. The monoisotopic (exact) mass is 334 g/mol. The van der Waals surface area contributed by atoms with Gasteiger partial charge >= 0.3 is 0 Å². The Hall–Kier alpha value is -2.33. The molecule has 4 heteroatoms. The van der Waals surface area contributed by atoms with Crippen molar-refractivity contribution in [3.05, 3.63) is 48.5 Å². The molecule has 5 rings (SSSR count). The number of fused-ring (bicyclic) bond motifs is 5. The van der Waals surface area contributed by atoms with Crippen LogP contribution in [0, 0.1) is 5.92 Å². The minimum absolute atomic E-state index is 0.213. The van der Waals surface area contributed by atoms with Crippen molar-refractivity contribution in [3.8, 4) is 0 Å². The Morgan fingerprint density at radius 3 is 2.20 bits per heavy atom. The van der Waals surface area contributed by atoms with Gasteiger partial charge in [-0.1, -0.05) is 36.4 Å². The molecule has 128 valence electrons. The number of amides is 1. The summed E-state index contributed by atoms with van der Waals surface area (Å²) in [5.74, 6) is 0.461. The van der Waals surface area contributed by atoms with E-state index in [0.717, 1.165) is 30.3 Å². The Bertz CT molecular complexity index is 908. The lowest BCUT2D eigenvalue weighted by atomic mass is 10.1. The van der Waals surface area contributed by atoms with E-state index in [-0.39, 0.29) is 11.8 Å². The Balaban J connectivity index is 1.46. The van der Waals surface area contributed by atoms with Crippen molar-refractivity contribution in [2.45, 2.75) is 38.0 Å². The SMILES string of the molecule is O=C1[C@H]2CC[C@H](C2)N1C[C@H](O)Cn1c2ccccc2c2ccccc21. The molecule has 2 bridgehead atoms. The van der Waals surface area contributed by atoms with Gasteiger partial charge in [-0.3, -0.25) is 4.79 Å². The normalized spacial score (nSPS) is 23.9. The van der Waals surface area contributed by atoms with Gasteiger partial charge in [0.2, 0.25) is 5.91 Å². The van der Waals surface area contributed by atoms with E-state index in [9.17, 15) is 9.90 Å². The highest BCUT2D eigenvalue weighted by molar-refractivity contribution is 6.07. The Kier molecular flexibility index (Phi) is 3.35. The number of aliphatic hydroxyl groups excluding tert-OH is 1. The van der Waals surface area contributed by atoms with Crippen molar-refractivity contribution in [1.82, 2.24) is 9.47 Å². The van der Waals surface area contributed by atoms with Gasteiger partial charge < -0.3 is 14.6 Å². The molecule has 2 aromatic carbocycles. The summed E-state index contributed by atoms with van der Waals surface area (Å²) in [6.07, 6.45) is 2.56. The first-order valence-electron chi connectivity index (χ1n) is 9.17. The number of benzene rings is 2. The molecule has 0 spiro atoms. The fourth-order valence-electron chi connectivity index (χ4n) is 4.81. The minimum Gasteiger partial charge on any atom is -0.389 e. The number of para-hydroxylation sites is 2. The number of aromatic nitrogens is 1. The van der Waals surface area contributed by atoms with Crippen LogP contribution in [0.4, 0.5) is 0 Å². The van der Waals surface area contributed by atoms with E-state index in [1.165, 1.54) is 10.8 Å². The molecule has 3 aromatic rings. The van der Waals surface area contributed by atoms with E-state index in [4.69, 9.17) is 0 Å². The summed E-state index contributed by atoms with van der Waals surface area (Å²) in [5.41, 5.74) is 2.27. The smallest absolute Gasteiger partial charge is 0.226 e. The number of aliphatic hydroxyl groups is 1. The van der Waals surface area contributed by atoms with Crippen LogP contribution in [0.25, 0.3) is 21.8 Å². The topological polar surface area (TPSA) is 45.5 Å². The van der Waals surface area contributed by atoms with Crippen molar-refractivity contribution in [3.63, 3.8) is 0 Å². The quantitative estimate of drug-likeness (QED) is 0.796. The molecule has 1 aliphatic carbocycles. The van der Waals surface area contributed by atoms with E-state index in [0.29, 0.717) is 19.1 Å². The maximum absolute atomic E-state index is 12.3. The summed E-state index contributed by atoms with van der Waals surface area (Å²) in [5, 5.41) is 13.2. The van der Waals surface area contributed by atoms with Crippen LogP contribution in [0.5, 0.6) is 0 Å². The van der Waals surface area contributed by atoms with Crippen molar-refractivity contribution < 1.29 is 9.90 Å². The second-order valence-electron chi connectivity index (χ2n) is 7.45. The van der Waals surface area contributed by atoms with Crippen LogP contribution in [-0.2, 0) is 11.3 Å². The number of hydrogen-bond acceptors (Lipinski definition) is 2. The lowest BCUT2D eigenvalue weighted by Crippen LogP contribution is -2.43. The molecule has 1 saturated heterocycles. The molecule has 1 N–H and O–H groups in total. The lowest BCUT2D eigenvalue weighted by molar-refractivity contribution is -0.135. The largest absolute Gasteiger partial charge is 0.389 e. The second-order valence-corrected chi connectivity index (χ2v) is 7.45. The molecule has 25 heavy (non-hydrogen) atoms. The van der Waals surface area contributed by atoms with Gasteiger partial charge in [-0.25, -0.2) is 0 Å². The first-order chi connectivity index (χ1) is 12.2. The summed E-state index contributed by atoms with van der Waals surface area (Å²) in [6, 6.07) is 17.0. The minimum atomic E-state index is -0.553. The summed E-state index contributed by atoms with van der Waals surface area (Å²) in [7, 11) is 0. The molecule has 1 aromatic heterocycles. The average molecular weight is 334 g/mol. The van der Waals surface area contributed by atoms with E-state index in [1.54, 1.807) is 0 Å². The molecule has 1 aliphatic heterocycles. The number of rotatable bonds is 4. The standard InChI is InChI=1S/C21H22N2O2/c24-16(12-22-15-10-9-14(11-15)21(22)25)13-23-19-7-3-1-5-17(19)18-6-2-4-8-20(18)23/h1-8,14-16,24H,9-13H2/t14-,15+,16-/m0/s1. The highest BCUT2D eigenvalue weighted by Gasteiger charge is 2.44. The number of nitrogens with zero attached hydrogens (tertiary/aromatic N) is 2. The maximum Gasteiger partial charge on any atom is 0.226 e. The number of piperidine rings is 1. The summed E-state index contributed by atoms with van der Waals surface area (Å²) in [6.45, 7) is 0.954. The molecule has 2 heterocycles. The zero-order valence-corrected chi connectivity index (χ0v) is 14.1. The van der Waals surface area contributed by atoms with Gasteiger partial charge in [0.25, 0.3) is 0 Å². The molecule has 3 atom stereocenters. The zero-order chi connectivity index (χ0) is 17.0.